The minimum atomic E-state index is -0.152. The van der Waals surface area contributed by atoms with Crippen molar-refractivity contribution in [1.29, 1.82) is 0 Å². The zero-order valence-corrected chi connectivity index (χ0v) is 4.85. The summed E-state index contributed by atoms with van der Waals surface area (Å²) in [6.07, 6.45) is 1.63. The largest absolute Gasteiger partial charge is 0.391 e. The predicted octanol–water partition coefficient (Wildman–Crippen LogP) is 0.244. The molecule has 1 heterocycles. The summed E-state index contributed by atoms with van der Waals surface area (Å²) in [4.78, 5) is 0. The van der Waals surface area contributed by atoms with Crippen molar-refractivity contribution in [2.75, 3.05) is 6.54 Å². The number of nitrogens with one attached hydrogen (secondary N) is 1. The average molecular weight is 113 g/mol. The number of piperidine rings is 1. The number of hydrogen-bond donors (Lipinski definition) is 2. The van der Waals surface area contributed by atoms with E-state index in [9.17, 15) is 0 Å². The summed E-state index contributed by atoms with van der Waals surface area (Å²) in [5.74, 6) is 0. The van der Waals surface area contributed by atoms with Crippen LogP contribution < -0.4 is 5.32 Å². The van der Waals surface area contributed by atoms with E-state index in [4.69, 9.17) is 5.11 Å². The standard InChI is InChI=1S/C6H11NO/c1-5-2-3-6(8)4-7-5/h6-8H,1-4H2. The summed E-state index contributed by atoms with van der Waals surface area (Å²) in [5, 5.41) is 11.9. The van der Waals surface area contributed by atoms with Gasteiger partial charge in [0.25, 0.3) is 0 Å². The Morgan fingerprint density at radius 2 is 2.50 bits per heavy atom. The van der Waals surface area contributed by atoms with Gasteiger partial charge >= 0.3 is 0 Å². The van der Waals surface area contributed by atoms with Gasteiger partial charge in [0.2, 0.25) is 0 Å². The van der Waals surface area contributed by atoms with Crippen molar-refractivity contribution in [1.82, 2.24) is 5.32 Å². The molecule has 0 aromatic carbocycles. The van der Waals surface area contributed by atoms with Gasteiger partial charge in [0.1, 0.15) is 0 Å². The lowest BCUT2D eigenvalue weighted by Crippen LogP contribution is -2.31. The van der Waals surface area contributed by atoms with E-state index in [0.29, 0.717) is 6.54 Å². The molecular weight excluding hydrogens is 102 g/mol. The first kappa shape index (κ1) is 5.63. The number of allylic oxidation sites excluding steroid dienone is 1. The van der Waals surface area contributed by atoms with Gasteiger partial charge < -0.3 is 10.4 Å². The van der Waals surface area contributed by atoms with Crippen LogP contribution in [0.4, 0.5) is 0 Å². The molecule has 1 rings (SSSR count). The van der Waals surface area contributed by atoms with Crippen LogP contribution in [0.2, 0.25) is 0 Å². The number of β-amino-alcohol motifs (C(OH)–C–C–N with tert-alkyl or cyclic N) is 1. The monoisotopic (exact) mass is 113 g/mol. The number of hydrogen-bond acceptors (Lipinski definition) is 2. The Morgan fingerprint density at radius 1 is 1.75 bits per heavy atom. The van der Waals surface area contributed by atoms with Crippen molar-refractivity contribution in [2.24, 2.45) is 0 Å². The summed E-state index contributed by atoms with van der Waals surface area (Å²) in [6, 6.07) is 0. The highest BCUT2D eigenvalue weighted by molar-refractivity contribution is 4.95. The smallest absolute Gasteiger partial charge is 0.0716 e. The molecular formula is C6H11NO. The summed E-state index contributed by atoms with van der Waals surface area (Å²) < 4.78 is 0. The molecule has 46 valence electrons. The van der Waals surface area contributed by atoms with Gasteiger partial charge in [-0.25, -0.2) is 0 Å². The fourth-order valence-electron chi connectivity index (χ4n) is 0.793. The second kappa shape index (κ2) is 2.18. The lowest BCUT2D eigenvalue weighted by atomic mass is 10.1. The van der Waals surface area contributed by atoms with Crippen molar-refractivity contribution in [3.05, 3.63) is 12.3 Å². The van der Waals surface area contributed by atoms with E-state index >= 15 is 0 Å². The third-order valence-electron chi connectivity index (χ3n) is 1.37. The molecule has 0 radical (unpaired) electrons. The Balaban J connectivity index is 2.29. The van der Waals surface area contributed by atoms with Crippen molar-refractivity contribution in [2.45, 2.75) is 18.9 Å². The van der Waals surface area contributed by atoms with Gasteiger partial charge in [0.15, 0.2) is 0 Å². The third kappa shape index (κ3) is 1.23. The normalized spacial score (nSPS) is 29.6. The van der Waals surface area contributed by atoms with Crippen molar-refractivity contribution in [3.8, 4) is 0 Å². The molecule has 0 saturated carbocycles. The van der Waals surface area contributed by atoms with Crippen LogP contribution in [-0.4, -0.2) is 17.8 Å². The Morgan fingerprint density at radius 3 is 2.88 bits per heavy atom. The first-order chi connectivity index (χ1) is 3.79. The topological polar surface area (TPSA) is 32.3 Å². The molecule has 0 spiro atoms. The van der Waals surface area contributed by atoms with Crippen molar-refractivity contribution >= 4 is 0 Å². The summed E-state index contributed by atoms with van der Waals surface area (Å²) in [7, 11) is 0. The van der Waals surface area contributed by atoms with E-state index in [1.807, 2.05) is 0 Å². The summed E-state index contributed by atoms with van der Waals surface area (Å²) >= 11 is 0. The number of rotatable bonds is 0. The lowest BCUT2D eigenvalue weighted by Gasteiger charge is -2.20. The van der Waals surface area contributed by atoms with Crippen molar-refractivity contribution < 1.29 is 5.11 Å². The minimum Gasteiger partial charge on any atom is -0.391 e. The molecule has 1 unspecified atom stereocenters. The van der Waals surface area contributed by atoms with Gasteiger partial charge in [-0.1, -0.05) is 6.58 Å². The molecule has 0 aliphatic carbocycles. The van der Waals surface area contributed by atoms with Crippen LogP contribution in [-0.2, 0) is 0 Å². The Bertz CT molecular complexity index is 90.7. The Kier molecular flexibility index (Phi) is 1.53. The highest BCUT2D eigenvalue weighted by Gasteiger charge is 2.09. The molecule has 0 aromatic rings. The molecule has 1 atom stereocenters. The van der Waals surface area contributed by atoms with Gasteiger partial charge in [-0.3, -0.25) is 0 Å². The van der Waals surface area contributed by atoms with Crippen LogP contribution in [0.1, 0.15) is 12.8 Å². The second-order valence-corrected chi connectivity index (χ2v) is 2.18. The second-order valence-electron chi connectivity index (χ2n) is 2.18. The quantitative estimate of drug-likeness (QED) is 0.472. The van der Waals surface area contributed by atoms with Crippen molar-refractivity contribution in [3.63, 3.8) is 0 Å². The van der Waals surface area contributed by atoms with Gasteiger partial charge in [-0.05, 0) is 12.8 Å². The Labute approximate surface area is 49.2 Å². The predicted molar refractivity (Wildman–Crippen MR) is 32.4 cm³/mol. The maximum atomic E-state index is 8.92. The molecule has 2 heteroatoms. The lowest BCUT2D eigenvalue weighted by molar-refractivity contribution is 0.152. The maximum absolute atomic E-state index is 8.92. The van der Waals surface area contributed by atoms with Gasteiger partial charge in [-0.15, -0.1) is 0 Å². The minimum absolute atomic E-state index is 0.152. The first-order valence-corrected chi connectivity index (χ1v) is 2.89. The van der Waals surface area contributed by atoms with Crippen LogP contribution in [0.3, 0.4) is 0 Å². The molecule has 1 aliphatic heterocycles. The van der Waals surface area contributed by atoms with E-state index in [1.54, 1.807) is 0 Å². The van der Waals surface area contributed by atoms with Crippen LogP contribution in [0.5, 0.6) is 0 Å². The highest BCUT2D eigenvalue weighted by atomic mass is 16.3. The SMILES string of the molecule is C=C1CCC(O)CN1. The molecule has 0 amide bonds. The van der Waals surface area contributed by atoms with Crippen LogP contribution >= 0.6 is 0 Å². The molecule has 1 aliphatic rings. The number of aliphatic hydroxyl groups excluding tert-OH is 1. The van der Waals surface area contributed by atoms with Gasteiger partial charge in [0, 0.05) is 12.2 Å². The molecule has 1 fully saturated rings. The van der Waals surface area contributed by atoms with Gasteiger partial charge in [-0.2, -0.15) is 0 Å². The molecule has 8 heavy (non-hydrogen) atoms. The maximum Gasteiger partial charge on any atom is 0.0716 e. The molecule has 0 aromatic heterocycles. The fraction of sp³-hybridized carbons (Fsp3) is 0.667. The highest BCUT2D eigenvalue weighted by Crippen LogP contribution is 2.07. The van der Waals surface area contributed by atoms with E-state index in [-0.39, 0.29) is 6.10 Å². The molecule has 2 nitrogen and oxygen atoms in total. The average Bonchev–Trinajstić information content (AvgIpc) is 1.77. The number of aliphatic hydroxyl groups is 1. The zero-order chi connectivity index (χ0) is 5.98. The molecule has 0 bridgehead atoms. The fourth-order valence-corrected chi connectivity index (χ4v) is 0.793. The van der Waals surface area contributed by atoms with E-state index in [2.05, 4.69) is 11.9 Å². The van der Waals surface area contributed by atoms with E-state index in [0.717, 1.165) is 18.5 Å². The molecule has 2 N–H and O–H groups in total. The van der Waals surface area contributed by atoms with Crippen LogP contribution in [0.15, 0.2) is 12.3 Å². The van der Waals surface area contributed by atoms with E-state index in [1.165, 1.54) is 0 Å². The summed E-state index contributed by atoms with van der Waals surface area (Å²) in [5.41, 5.74) is 1.05. The van der Waals surface area contributed by atoms with Crippen LogP contribution in [0.25, 0.3) is 0 Å². The van der Waals surface area contributed by atoms with Crippen LogP contribution in [0, 0.1) is 0 Å². The zero-order valence-electron chi connectivity index (χ0n) is 4.85. The third-order valence-corrected chi connectivity index (χ3v) is 1.37. The summed E-state index contributed by atoms with van der Waals surface area (Å²) in [6.45, 7) is 4.41. The molecule has 1 saturated heterocycles. The van der Waals surface area contributed by atoms with E-state index < -0.39 is 0 Å². The first-order valence-electron chi connectivity index (χ1n) is 2.89. The van der Waals surface area contributed by atoms with Gasteiger partial charge in [0.05, 0.1) is 6.10 Å². The Hall–Kier alpha value is -0.500.